The molecule has 0 amide bonds. The summed E-state index contributed by atoms with van der Waals surface area (Å²) in [5.74, 6) is 0.916. The van der Waals surface area contributed by atoms with Crippen molar-refractivity contribution in [3.8, 4) is 0 Å². The molecule has 1 N–H and O–H groups in total. The molecule has 1 aliphatic heterocycles. The highest BCUT2D eigenvalue weighted by Crippen LogP contribution is 2.23. The predicted octanol–water partition coefficient (Wildman–Crippen LogP) is 3.51. The van der Waals surface area contributed by atoms with Crippen molar-refractivity contribution in [2.45, 2.75) is 19.5 Å². The molecule has 2 aromatic rings. The van der Waals surface area contributed by atoms with Gasteiger partial charge in [0.25, 0.3) is 0 Å². The number of aromatic nitrogens is 1. The van der Waals surface area contributed by atoms with E-state index in [0.717, 1.165) is 42.3 Å². The molecule has 1 unspecified atom stereocenters. The number of hydrogen-bond acceptors (Lipinski definition) is 4. The summed E-state index contributed by atoms with van der Waals surface area (Å²) in [6.45, 7) is 6.84. The average molecular weight is 534 g/mol. The Labute approximate surface area is 180 Å². The minimum Gasteiger partial charge on any atom is -0.364 e. The minimum absolute atomic E-state index is 0. The Bertz CT molecular complexity index is 684. The number of guanidine groups is 1. The van der Waals surface area contributed by atoms with Gasteiger partial charge in [0.2, 0.25) is 0 Å². The molecule has 1 atom stereocenters. The van der Waals surface area contributed by atoms with Crippen molar-refractivity contribution in [3.05, 3.63) is 52.3 Å². The van der Waals surface area contributed by atoms with Gasteiger partial charge in [-0.25, -0.2) is 0 Å². The molecular formula is C18H25BrIN5O. The molecule has 0 radical (unpaired) electrons. The molecule has 26 heavy (non-hydrogen) atoms. The molecule has 1 aromatic heterocycles. The van der Waals surface area contributed by atoms with E-state index in [0.29, 0.717) is 12.6 Å². The molecule has 0 spiro atoms. The molecule has 1 aromatic carbocycles. The zero-order chi connectivity index (χ0) is 17.6. The fourth-order valence-corrected chi connectivity index (χ4v) is 3.37. The zero-order valence-corrected chi connectivity index (χ0v) is 19.0. The summed E-state index contributed by atoms with van der Waals surface area (Å²) < 4.78 is 5.98. The van der Waals surface area contributed by atoms with Gasteiger partial charge < -0.3 is 14.7 Å². The van der Waals surface area contributed by atoms with Gasteiger partial charge in [0.15, 0.2) is 5.96 Å². The number of piperazine rings is 1. The number of nitrogens with zero attached hydrogens (tertiary/aromatic N) is 4. The van der Waals surface area contributed by atoms with Crippen LogP contribution in [0.1, 0.15) is 24.2 Å². The molecule has 0 aliphatic carbocycles. The van der Waals surface area contributed by atoms with Gasteiger partial charge >= 0.3 is 0 Å². The summed E-state index contributed by atoms with van der Waals surface area (Å²) in [5.41, 5.74) is 2.23. The van der Waals surface area contributed by atoms with Crippen LogP contribution in [0.3, 0.4) is 0 Å². The molecule has 0 bridgehead atoms. The SMILES string of the molecule is CN=C(NCc1ccon1)N1CCN(C(C)c2ccc(Br)cc2)CC1.I. The first-order valence-electron chi connectivity index (χ1n) is 8.51. The van der Waals surface area contributed by atoms with E-state index in [1.54, 1.807) is 6.26 Å². The van der Waals surface area contributed by atoms with Gasteiger partial charge in [-0.05, 0) is 24.6 Å². The van der Waals surface area contributed by atoms with Crippen LogP contribution in [0.4, 0.5) is 0 Å². The molecule has 1 saturated heterocycles. The van der Waals surface area contributed by atoms with Crippen molar-refractivity contribution < 1.29 is 4.52 Å². The van der Waals surface area contributed by atoms with Gasteiger partial charge in [-0.2, -0.15) is 0 Å². The fraction of sp³-hybridized carbons (Fsp3) is 0.444. The fourth-order valence-electron chi connectivity index (χ4n) is 3.10. The molecule has 1 aliphatic rings. The summed E-state index contributed by atoms with van der Waals surface area (Å²) in [6, 6.07) is 10.9. The van der Waals surface area contributed by atoms with Gasteiger partial charge in [0.1, 0.15) is 12.0 Å². The highest BCUT2D eigenvalue weighted by molar-refractivity contribution is 14.0. The van der Waals surface area contributed by atoms with Crippen molar-refractivity contribution >= 4 is 45.9 Å². The minimum atomic E-state index is 0. The van der Waals surface area contributed by atoms with E-state index in [4.69, 9.17) is 4.52 Å². The second-order valence-electron chi connectivity index (χ2n) is 6.14. The van der Waals surface area contributed by atoms with Crippen molar-refractivity contribution in [1.29, 1.82) is 0 Å². The van der Waals surface area contributed by atoms with E-state index in [1.807, 2.05) is 13.1 Å². The van der Waals surface area contributed by atoms with Crippen molar-refractivity contribution in [2.75, 3.05) is 33.2 Å². The second kappa shape index (κ2) is 10.3. The van der Waals surface area contributed by atoms with E-state index >= 15 is 0 Å². The smallest absolute Gasteiger partial charge is 0.194 e. The molecule has 0 saturated carbocycles. The Kier molecular flexibility index (Phi) is 8.36. The number of benzene rings is 1. The number of hydrogen-bond donors (Lipinski definition) is 1. The van der Waals surface area contributed by atoms with Crippen LogP contribution in [-0.4, -0.2) is 54.1 Å². The lowest BCUT2D eigenvalue weighted by atomic mass is 10.1. The molecule has 1 fully saturated rings. The highest BCUT2D eigenvalue weighted by Gasteiger charge is 2.23. The molecular weight excluding hydrogens is 509 g/mol. The van der Waals surface area contributed by atoms with E-state index in [-0.39, 0.29) is 24.0 Å². The van der Waals surface area contributed by atoms with Crippen LogP contribution in [0.5, 0.6) is 0 Å². The third-order valence-corrected chi connectivity index (χ3v) is 5.17. The maximum absolute atomic E-state index is 4.86. The monoisotopic (exact) mass is 533 g/mol. The Balaban J connectivity index is 0.00000243. The third kappa shape index (κ3) is 5.43. The molecule has 2 heterocycles. The van der Waals surface area contributed by atoms with Crippen molar-refractivity contribution in [3.63, 3.8) is 0 Å². The summed E-state index contributed by atoms with van der Waals surface area (Å²) in [4.78, 5) is 9.21. The molecule has 142 valence electrons. The van der Waals surface area contributed by atoms with Crippen LogP contribution in [0.2, 0.25) is 0 Å². The topological polar surface area (TPSA) is 56.9 Å². The van der Waals surface area contributed by atoms with Gasteiger partial charge in [0.05, 0.1) is 6.54 Å². The van der Waals surface area contributed by atoms with Crippen LogP contribution in [-0.2, 0) is 6.54 Å². The highest BCUT2D eigenvalue weighted by atomic mass is 127. The molecule has 8 heteroatoms. The summed E-state index contributed by atoms with van der Waals surface area (Å²) in [5, 5.41) is 7.27. The van der Waals surface area contributed by atoms with E-state index in [1.165, 1.54) is 5.56 Å². The molecule has 6 nitrogen and oxygen atoms in total. The lowest BCUT2D eigenvalue weighted by molar-refractivity contribution is 0.138. The maximum atomic E-state index is 4.86. The lowest BCUT2D eigenvalue weighted by Gasteiger charge is -2.39. The standard InChI is InChI=1S/C18H24BrN5O.HI/c1-14(15-3-5-16(19)6-4-15)23-8-10-24(11-9-23)18(20-2)21-13-17-7-12-25-22-17;/h3-7,12,14H,8-11,13H2,1-2H3,(H,20,21);1H. The van der Waals surface area contributed by atoms with E-state index in [9.17, 15) is 0 Å². The largest absolute Gasteiger partial charge is 0.364 e. The lowest BCUT2D eigenvalue weighted by Crippen LogP contribution is -2.52. The summed E-state index contributed by atoms with van der Waals surface area (Å²) >= 11 is 3.50. The van der Waals surface area contributed by atoms with Crippen LogP contribution >= 0.6 is 39.9 Å². The summed E-state index contributed by atoms with van der Waals surface area (Å²) in [7, 11) is 1.82. The number of halogens is 2. The third-order valence-electron chi connectivity index (χ3n) is 4.64. The van der Waals surface area contributed by atoms with Crippen LogP contribution in [0, 0.1) is 0 Å². The second-order valence-corrected chi connectivity index (χ2v) is 7.06. The Hall–Kier alpha value is -1.13. The zero-order valence-electron chi connectivity index (χ0n) is 15.1. The van der Waals surface area contributed by atoms with E-state index < -0.39 is 0 Å². The van der Waals surface area contributed by atoms with Crippen molar-refractivity contribution in [2.24, 2.45) is 4.99 Å². The number of aliphatic imine (C=N–C) groups is 1. The number of rotatable bonds is 4. The van der Waals surface area contributed by atoms with Gasteiger partial charge in [-0.15, -0.1) is 24.0 Å². The predicted molar refractivity (Wildman–Crippen MR) is 118 cm³/mol. The average Bonchev–Trinajstić information content (AvgIpc) is 3.16. The number of nitrogens with one attached hydrogen (secondary N) is 1. The Morgan fingerprint density at radius 3 is 2.50 bits per heavy atom. The first-order chi connectivity index (χ1) is 12.2. The normalized spacial score (nSPS) is 16.9. The maximum Gasteiger partial charge on any atom is 0.194 e. The van der Waals surface area contributed by atoms with Crippen LogP contribution in [0.15, 0.2) is 50.6 Å². The van der Waals surface area contributed by atoms with Gasteiger partial charge in [-0.3, -0.25) is 9.89 Å². The van der Waals surface area contributed by atoms with Gasteiger partial charge in [0, 0.05) is 49.8 Å². The van der Waals surface area contributed by atoms with Crippen LogP contribution in [0.25, 0.3) is 0 Å². The molecule has 3 rings (SSSR count). The van der Waals surface area contributed by atoms with Crippen molar-refractivity contribution in [1.82, 2.24) is 20.3 Å². The quantitative estimate of drug-likeness (QED) is 0.370. The van der Waals surface area contributed by atoms with Crippen LogP contribution < -0.4 is 5.32 Å². The Morgan fingerprint density at radius 1 is 1.23 bits per heavy atom. The summed E-state index contributed by atoms with van der Waals surface area (Å²) in [6.07, 6.45) is 1.59. The van der Waals surface area contributed by atoms with Gasteiger partial charge in [-0.1, -0.05) is 33.2 Å². The Morgan fingerprint density at radius 2 is 1.92 bits per heavy atom. The first kappa shape index (κ1) is 21.2. The van der Waals surface area contributed by atoms with E-state index in [2.05, 4.69) is 72.4 Å². The first-order valence-corrected chi connectivity index (χ1v) is 9.31.